The minimum absolute atomic E-state index is 0.0631. The third-order valence-corrected chi connectivity index (χ3v) is 10.3. The molecule has 0 radical (unpaired) electrons. The van der Waals surface area contributed by atoms with Gasteiger partial charge in [-0.3, -0.25) is 9.59 Å². The van der Waals surface area contributed by atoms with Gasteiger partial charge in [-0.05, 0) is 109 Å². The standard InChI is InChI=1S/C36H46O5/c1-11-12-15-41-29(39)14-13-25-16-26(20(2)3)27-17-34(8)19-35(9)18-28(38)31(24(7)37)33(40)36(35,10)23(6)32(34)22(5)30(27)21(25)4/h13-14,16,20,40H,5,11-12,15,17-19H2,1-4,6-10H3/b14-13+/t34-,35+,36+/m1/s1. The largest absolute Gasteiger partial charge is 0.510 e. The third kappa shape index (κ3) is 4.66. The first-order chi connectivity index (χ1) is 19.0. The van der Waals surface area contributed by atoms with Crippen molar-refractivity contribution in [2.24, 2.45) is 16.2 Å². The summed E-state index contributed by atoms with van der Waals surface area (Å²) in [5.74, 6) is -0.861. The van der Waals surface area contributed by atoms with E-state index < -0.39 is 16.6 Å². The zero-order valence-corrected chi connectivity index (χ0v) is 26.3. The molecule has 220 valence electrons. The fraction of sp³-hybridized carbons (Fsp3) is 0.528. The van der Waals surface area contributed by atoms with Gasteiger partial charge in [0, 0.05) is 12.5 Å². The lowest BCUT2D eigenvalue weighted by Gasteiger charge is -2.60. The number of Topliss-reactive ketones (excluding diaryl/α,β-unsaturated/α-hetero) is 2. The van der Waals surface area contributed by atoms with E-state index >= 15 is 0 Å². The van der Waals surface area contributed by atoms with E-state index in [2.05, 4.69) is 54.2 Å². The second kappa shape index (κ2) is 10.6. The van der Waals surface area contributed by atoms with Crippen LogP contribution in [-0.4, -0.2) is 29.2 Å². The SMILES string of the molecule is C=C1C2=C(C)[C@@]3(C)C(O)=C(C(C)=O)C(=O)C[C@@]3(C)C[C@@]2(C)Cc2c(C(C)C)cc(/C=C/C(=O)OCCCC)c(C)c21. The molecule has 5 nitrogen and oxygen atoms in total. The summed E-state index contributed by atoms with van der Waals surface area (Å²) >= 11 is 0. The Morgan fingerprint density at radius 2 is 1.83 bits per heavy atom. The number of ketones is 2. The molecular formula is C36H46O5. The molecular weight excluding hydrogens is 512 g/mol. The lowest BCUT2D eigenvalue weighted by molar-refractivity contribution is -0.137. The van der Waals surface area contributed by atoms with Crippen LogP contribution in [0.4, 0.5) is 0 Å². The molecule has 5 heteroatoms. The van der Waals surface area contributed by atoms with E-state index in [0.29, 0.717) is 13.0 Å². The molecule has 0 unspecified atom stereocenters. The summed E-state index contributed by atoms with van der Waals surface area (Å²) in [7, 11) is 0. The highest BCUT2D eigenvalue weighted by atomic mass is 16.5. The van der Waals surface area contributed by atoms with Gasteiger partial charge in [0.1, 0.15) is 5.76 Å². The van der Waals surface area contributed by atoms with Crippen molar-refractivity contribution >= 4 is 29.2 Å². The second-order valence-electron chi connectivity index (χ2n) is 13.5. The molecule has 0 heterocycles. The van der Waals surface area contributed by atoms with Crippen molar-refractivity contribution in [3.8, 4) is 0 Å². The third-order valence-electron chi connectivity index (χ3n) is 10.3. The molecule has 41 heavy (non-hydrogen) atoms. The maximum atomic E-state index is 13.2. The minimum atomic E-state index is -0.869. The van der Waals surface area contributed by atoms with Crippen LogP contribution in [0.5, 0.6) is 0 Å². The molecule has 0 bridgehead atoms. The van der Waals surface area contributed by atoms with Gasteiger partial charge in [-0.15, -0.1) is 0 Å². The topological polar surface area (TPSA) is 80.7 Å². The number of benzene rings is 1. The maximum Gasteiger partial charge on any atom is 0.330 e. The molecule has 1 aromatic carbocycles. The molecule has 0 saturated carbocycles. The molecule has 3 atom stereocenters. The Kier molecular flexibility index (Phi) is 7.92. The lowest BCUT2D eigenvalue weighted by Crippen LogP contribution is -2.54. The molecule has 0 amide bonds. The summed E-state index contributed by atoms with van der Waals surface area (Å²) in [5.41, 5.74) is 6.81. The Morgan fingerprint density at radius 1 is 1.17 bits per heavy atom. The number of hydrogen-bond acceptors (Lipinski definition) is 5. The van der Waals surface area contributed by atoms with Crippen molar-refractivity contribution in [3.63, 3.8) is 0 Å². The fourth-order valence-corrected chi connectivity index (χ4v) is 8.12. The minimum Gasteiger partial charge on any atom is -0.510 e. The quantitative estimate of drug-likeness (QED) is 0.158. The molecule has 3 aliphatic rings. The van der Waals surface area contributed by atoms with E-state index in [-0.39, 0.29) is 40.8 Å². The second-order valence-corrected chi connectivity index (χ2v) is 13.5. The molecule has 0 saturated heterocycles. The zero-order chi connectivity index (χ0) is 30.7. The van der Waals surface area contributed by atoms with Gasteiger partial charge in [-0.2, -0.15) is 0 Å². The van der Waals surface area contributed by atoms with Crippen LogP contribution in [0.15, 0.2) is 41.2 Å². The number of unbranched alkanes of at least 4 members (excludes halogenated alkanes) is 1. The van der Waals surface area contributed by atoms with Crippen LogP contribution >= 0.6 is 0 Å². The zero-order valence-electron chi connectivity index (χ0n) is 26.3. The monoisotopic (exact) mass is 558 g/mol. The summed E-state index contributed by atoms with van der Waals surface area (Å²) in [4.78, 5) is 38.0. The molecule has 0 spiro atoms. The van der Waals surface area contributed by atoms with Crippen molar-refractivity contribution in [2.75, 3.05) is 6.61 Å². The van der Waals surface area contributed by atoms with Crippen LogP contribution in [0.2, 0.25) is 0 Å². The van der Waals surface area contributed by atoms with Crippen molar-refractivity contribution in [2.45, 2.75) is 100 Å². The Balaban J connectivity index is 1.93. The van der Waals surface area contributed by atoms with Crippen molar-refractivity contribution in [1.29, 1.82) is 0 Å². The molecule has 3 aliphatic carbocycles. The summed E-state index contributed by atoms with van der Waals surface area (Å²) < 4.78 is 5.34. The molecule has 1 N–H and O–H groups in total. The Morgan fingerprint density at radius 3 is 2.41 bits per heavy atom. The molecule has 0 aliphatic heterocycles. The molecule has 0 fully saturated rings. The predicted molar refractivity (Wildman–Crippen MR) is 165 cm³/mol. The van der Waals surface area contributed by atoms with Crippen molar-refractivity contribution in [1.82, 2.24) is 0 Å². The average Bonchev–Trinajstić information content (AvgIpc) is 2.85. The summed E-state index contributed by atoms with van der Waals surface area (Å²) in [5, 5.41) is 11.6. The molecule has 1 aromatic rings. The Labute approximate surface area is 245 Å². The van der Waals surface area contributed by atoms with Gasteiger partial charge >= 0.3 is 5.97 Å². The van der Waals surface area contributed by atoms with Crippen LogP contribution in [0, 0.1) is 23.2 Å². The number of fused-ring (bicyclic) bond motifs is 3. The number of esters is 1. The number of allylic oxidation sites excluding steroid dienone is 4. The van der Waals surface area contributed by atoms with Crippen LogP contribution in [-0.2, 0) is 25.5 Å². The van der Waals surface area contributed by atoms with Gasteiger partial charge in [0.25, 0.3) is 0 Å². The summed E-state index contributed by atoms with van der Waals surface area (Å²) in [6.07, 6.45) is 6.85. The van der Waals surface area contributed by atoms with E-state index in [0.717, 1.165) is 52.7 Å². The van der Waals surface area contributed by atoms with Crippen LogP contribution in [0.3, 0.4) is 0 Å². The molecule has 0 aromatic heterocycles. The number of rotatable bonds is 7. The van der Waals surface area contributed by atoms with Gasteiger partial charge in [0.15, 0.2) is 11.6 Å². The summed E-state index contributed by atoms with van der Waals surface area (Å²) in [6.45, 7) is 23.3. The van der Waals surface area contributed by atoms with Gasteiger partial charge in [0.2, 0.25) is 0 Å². The van der Waals surface area contributed by atoms with Gasteiger partial charge < -0.3 is 9.84 Å². The predicted octanol–water partition coefficient (Wildman–Crippen LogP) is 8.16. The van der Waals surface area contributed by atoms with Gasteiger partial charge in [-0.1, -0.05) is 59.3 Å². The van der Waals surface area contributed by atoms with E-state index in [1.165, 1.54) is 24.1 Å². The summed E-state index contributed by atoms with van der Waals surface area (Å²) in [6, 6.07) is 2.19. The highest BCUT2D eigenvalue weighted by Gasteiger charge is 2.62. The number of ether oxygens (including phenoxy) is 1. The number of aliphatic hydroxyl groups excluding tert-OH is 1. The van der Waals surface area contributed by atoms with Crippen LogP contribution in [0.1, 0.15) is 115 Å². The van der Waals surface area contributed by atoms with E-state index in [1.54, 1.807) is 0 Å². The van der Waals surface area contributed by atoms with E-state index in [9.17, 15) is 19.5 Å². The van der Waals surface area contributed by atoms with Crippen molar-refractivity contribution in [3.05, 3.63) is 69.0 Å². The number of hydrogen-bond donors (Lipinski definition) is 1. The first-order valence-electron chi connectivity index (χ1n) is 14.9. The van der Waals surface area contributed by atoms with Crippen LogP contribution < -0.4 is 0 Å². The average molecular weight is 559 g/mol. The van der Waals surface area contributed by atoms with Crippen molar-refractivity contribution < 1.29 is 24.2 Å². The number of carbonyl (C=O) groups is 3. The van der Waals surface area contributed by atoms with E-state index in [4.69, 9.17) is 4.74 Å². The first kappa shape index (κ1) is 30.7. The highest BCUT2D eigenvalue weighted by Crippen LogP contribution is 2.68. The van der Waals surface area contributed by atoms with Gasteiger partial charge in [0.05, 0.1) is 17.6 Å². The number of carbonyl (C=O) groups excluding carboxylic acids is 3. The number of aliphatic hydroxyl groups is 1. The smallest absolute Gasteiger partial charge is 0.330 e. The van der Waals surface area contributed by atoms with Crippen LogP contribution in [0.25, 0.3) is 11.6 Å². The van der Waals surface area contributed by atoms with E-state index in [1.807, 2.05) is 19.9 Å². The van der Waals surface area contributed by atoms with Gasteiger partial charge in [-0.25, -0.2) is 4.79 Å². The maximum absolute atomic E-state index is 13.2. The Bertz CT molecular complexity index is 1450. The normalized spacial score (nSPS) is 27.8. The fourth-order valence-electron chi connectivity index (χ4n) is 8.12. The lowest BCUT2D eigenvalue weighted by atomic mass is 9.43. The molecule has 4 rings (SSSR count). The first-order valence-corrected chi connectivity index (χ1v) is 14.9. The highest BCUT2D eigenvalue weighted by molar-refractivity contribution is 6.20. The Hall–Kier alpha value is -3.21.